The molecule has 0 N–H and O–H groups in total. The van der Waals surface area contributed by atoms with Crippen molar-refractivity contribution in [2.75, 3.05) is 6.54 Å². The van der Waals surface area contributed by atoms with Gasteiger partial charge in [-0.25, -0.2) is 0 Å². The molecular formula is C18H21N5O2. The minimum absolute atomic E-state index is 0.241. The summed E-state index contributed by atoms with van der Waals surface area (Å²) in [5.74, 6) is 2.38. The van der Waals surface area contributed by atoms with Gasteiger partial charge in [-0.2, -0.15) is 0 Å². The van der Waals surface area contributed by atoms with Gasteiger partial charge in [-0.05, 0) is 31.5 Å². The Hall–Kier alpha value is -2.54. The van der Waals surface area contributed by atoms with E-state index in [-0.39, 0.29) is 6.04 Å². The van der Waals surface area contributed by atoms with Crippen LogP contribution >= 0.6 is 0 Å². The van der Waals surface area contributed by atoms with Crippen molar-refractivity contribution < 1.29 is 8.94 Å². The number of hydrogen-bond donors (Lipinski definition) is 0. The summed E-state index contributed by atoms with van der Waals surface area (Å²) in [5, 5.41) is 12.6. The highest BCUT2D eigenvalue weighted by molar-refractivity contribution is 5.49. The van der Waals surface area contributed by atoms with Gasteiger partial charge in [-0.15, -0.1) is 10.2 Å². The predicted molar refractivity (Wildman–Crippen MR) is 90.5 cm³/mol. The third kappa shape index (κ3) is 3.32. The van der Waals surface area contributed by atoms with E-state index in [1.165, 1.54) is 0 Å². The molecule has 0 aliphatic carbocycles. The first-order valence-electron chi connectivity index (χ1n) is 8.64. The number of likely N-dealkylation sites (tertiary alicyclic amines) is 1. The van der Waals surface area contributed by atoms with Crippen molar-refractivity contribution in [1.82, 2.24) is 25.2 Å². The number of pyridine rings is 1. The lowest BCUT2D eigenvalue weighted by atomic mass is 10.1. The van der Waals surface area contributed by atoms with Gasteiger partial charge >= 0.3 is 0 Å². The highest BCUT2D eigenvalue weighted by Gasteiger charge is 2.30. The largest absolute Gasteiger partial charge is 0.419 e. The second kappa shape index (κ2) is 6.76. The van der Waals surface area contributed by atoms with Gasteiger partial charge in [0.05, 0.1) is 18.2 Å². The van der Waals surface area contributed by atoms with Crippen molar-refractivity contribution in [1.29, 1.82) is 0 Å². The fraction of sp³-hybridized carbons (Fsp3) is 0.444. The van der Waals surface area contributed by atoms with Crippen molar-refractivity contribution in [3.05, 3.63) is 47.9 Å². The smallest absolute Gasteiger partial charge is 0.249 e. The molecule has 4 heterocycles. The molecule has 1 atom stereocenters. The topological polar surface area (TPSA) is 81.1 Å². The van der Waals surface area contributed by atoms with Crippen LogP contribution in [0.3, 0.4) is 0 Å². The molecule has 0 unspecified atom stereocenters. The van der Waals surface area contributed by atoms with Crippen LogP contribution in [0.4, 0.5) is 0 Å². The quantitative estimate of drug-likeness (QED) is 0.702. The van der Waals surface area contributed by atoms with E-state index in [0.717, 1.165) is 36.4 Å². The van der Waals surface area contributed by atoms with Crippen molar-refractivity contribution >= 4 is 0 Å². The molecule has 1 aliphatic heterocycles. The van der Waals surface area contributed by atoms with E-state index in [4.69, 9.17) is 8.94 Å². The standard InChI is InChI=1S/C18H21N5O2/c1-12(2)16-9-14(22-25-16)15-6-4-8-23(15)11-17-20-21-18(24-17)13-5-3-7-19-10-13/h3,5,7,9-10,12,15H,4,6,8,11H2,1-2H3/t15-/m0/s1. The fourth-order valence-corrected chi connectivity index (χ4v) is 3.18. The van der Waals surface area contributed by atoms with Crippen molar-refractivity contribution in [3.63, 3.8) is 0 Å². The molecular weight excluding hydrogens is 318 g/mol. The number of nitrogens with zero attached hydrogens (tertiary/aromatic N) is 5. The fourth-order valence-electron chi connectivity index (χ4n) is 3.18. The summed E-state index contributed by atoms with van der Waals surface area (Å²) in [6.07, 6.45) is 5.63. The first-order valence-corrected chi connectivity index (χ1v) is 8.64. The maximum absolute atomic E-state index is 5.81. The summed E-state index contributed by atoms with van der Waals surface area (Å²) in [6, 6.07) is 6.07. The molecule has 3 aromatic heterocycles. The third-order valence-corrected chi connectivity index (χ3v) is 4.53. The van der Waals surface area contributed by atoms with Crippen LogP contribution in [0.1, 0.15) is 56.0 Å². The minimum Gasteiger partial charge on any atom is -0.419 e. The van der Waals surface area contributed by atoms with Crippen LogP contribution in [-0.2, 0) is 6.54 Å². The van der Waals surface area contributed by atoms with Crippen molar-refractivity contribution in [2.45, 2.75) is 45.2 Å². The zero-order chi connectivity index (χ0) is 17.2. The maximum atomic E-state index is 5.81. The molecule has 0 bridgehead atoms. The lowest BCUT2D eigenvalue weighted by Gasteiger charge is -2.20. The Morgan fingerprint density at radius 2 is 2.24 bits per heavy atom. The molecule has 4 rings (SSSR count). The average molecular weight is 339 g/mol. The Morgan fingerprint density at radius 1 is 1.32 bits per heavy atom. The van der Waals surface area contributed by atoms with Crippen LogP contribution in [0.15, 0.2) is 39.5 Å². The summed E-state index contributed by atoms with van der Waals surface area (Å²) >= 11 is 0. The predicted octanol–water partition coefficient (Wildman–Crippen LogP) is 3.58. The molecule has 1 aliphatic rings. The molecule has 7 heteroatoms. The number of hydrogen-bond acceptors (Lipinski definition) is 7. The van der Waals surface area contributed by atoms with Gasteiger partial charge in [0, 0.05) is 24.4 Å². The van der Waals surface area contributed by atoms with Gasteiger partial charge in [0.2, 0.25) is 11.8 Å². The van der Waals surface area contributed by atoms with E-state index >= 15 is 0 Å². The average Bonchev–Trinajstić information content (AvgIpc) is 3.36. The first kappa shape index (κ1) is 16.0. The molecule has 130 valence electrons. The van der Waals surface area contributed by atoms with E-state index in [1.54, 1.807) is 12.4 Å². The van der Waals surface area contributed by atoms with Gasteiger partial charge in [0.15, 0.2) is 0 Å². The zero-order valence-corrected chi connectivity index (χ0v) is 14.4. The van der Waals surface area contributed by atoms with Crippen LogP contribution in [0.25, 0.3) is 11.5 Å². The molecule has 7 nitrogen and oxygen atoms in total. The van der Waals surface area contributed by atoms with Gasteiger partial charge in [0.25, 0.3) is 0 Å². The maximum Gasteiger partial charge on any atom is 0.249 e. The van der Waals surface area contributed by atoms with Gasteiger partial charge in [-0.3, -0.25) is 9.88 Å². The second-order valence-corrected chi connectivity index (χ2v) is 6.68. The van der Waals surface area contributed by atoms with Crippen LogP contribution in [0.2, 0.25) is 0 Å². The monoisotopic (exact) mass is 339 g/mol. The van der Waals surface area contributed by atoms with Crippen LogP contribution < -0.4 is 0 Å². The summed E-state index contributed by atoms with van der Waals surface area (Å²) in [7, 11) is 0. The number of aromatic nitrogens is 4. The Labute approximate surface area is 146 Å². The molecule has 0 saturated carbocycles. The van der Waals surface area contributed by atoms with E-state index in [0.29, 0.717) is 24.2 Å². The molecule has 0 spiro atoms. The molecule has 1 fully saturated rings. The Kier molecular flexibility index (Phi) is 4.31. The molecule has 0 aromatic carbocycles. The van der Waals surface area contributed by atoms with Crippen molar-refractivity contribution in [2.24, 2.45) is 0 Å². The summed E-state index contributed by atoms with van der Waals surface area (Å²) in [4.78, 5) is 6.41. The van der Waals surface area contributed by atoms with Crippen LogP contribution in [0.5, 0.6) is 0 Å². The van der Waals surface area contributed by atoms with E-state index in [9.17, 15) is 0 Å². The van der Waals surface area contributed by atoms with E-state index in [2.05, 4.69) is 45.2 Å². The summed E-state index contributed by atoms with van der Waals surface area (Å²) in [5.41, 5.74) is 1.82. The van der Waals surface area contributed by atoms with Crippen LogP contribution in [-0.4, -0.2) is 31.8 Å². The third-order valence-electron chi connectivity index (χ3n) is 4.53. The van der Waals surface area contributed by atoms with Gasteiger partial charge in [0.1, 0.15) is 11.5 Å². The highest BCUT2D eigenvalue weighted by Crippen LogP contribution is 2.33. The molecule has 25 heavy (non-hydrogen) atoms. The lowest BCUT2D eigenvalue weighted by Crippen LogP contribution is -2.23. The zero-order valence-electron chi connectivity index (χ0n) is 14.4. The van der Waals surface area contributed by atoms with Gasteiger partial charge < -0.3 is 8.94 Å². The molecule has 0 radical (unpaired) electrons. The number of rotatable bonds is 5. The highest BCUT2D eigenvalue weighted by atomic mass is 16.5. The SMILES string of the molecule is CC(C)c1cc([C@@H]2CCCN2Cc2nnc(-c3cccnc3)o2)no1. The Morgan fingerprint density at radius 3 is 3.00 bits per heavy atom. The first-order chi connectivity index (χ1) is 12.2. The minimum atomic E-state index is 0.241. The molecule has 0 amide bonds. The normalized spacial score (nSPS) is 18.3. The Bertz CT molecular complexity index is 827. The molecule has 1 saturated heterocycles. The van der Waals surface area contributed by atoms with Crippen molar-refractivity contribution in [3.8, 4) is 11.5 Å². The van der Waals surface area contributed by atoms with E-state index < -0.39 is 0 Å². The lowest BCUT2D eigenvalue weighted by molar-refractivity contribution is 0.215. The van der Waals surface area contributed by atoms with E-state index in [1.807, 2.05) is 12.1 Å². The molecule has 3 aromatic rings. The summed E-state index contributed by atoms with van der Waals surface area (Å²) < 4.78 is 11.3. The second-order valence-electron chi connectivity index (χ2n) is 6.68. The summed E-state index contributed by atoms with van der Waals surface area (Å²) in [6.45, 7) is 5.81. The van der Waals surface area contributed by atoms with Crippen LogP contribution in [0, 0.1) is 0 Å². The van der Waals surface area contributed by atoms with Gasteiger partial charge in [-0.1, -0.05) is 19.0 Å². The Balaban J connectivity index is 1.49.